The van der Waals surface area contributed by atoms with E-state index in [1.807, 2.05) is 0 Å². The largest absolute Gasteiger partial charge is 0.481 e. The van der Waals surface area contributed by atoms with Gasteiger partial charge in [0.25, 0.3) is 0 Å². The van der Waals surface area contributed by atoms with Gasteiger partial charge in [-0.3, -0.25) is 4.79 Å². The summed E-state index contributed by atoms with van der Waals surface area (Å²) in [5, 5.41) is 13.2. The van der Waals surface area contributed by atoms with Crippen molar-refractivity contribution in [3.63, 3.8) is 0 Å². The van der Waals surface area contributed by atoms with Crippen molar-refractivity contribution in [3.05, 3.63) is 40.8 Å². The van der Waals surface area contributed by atoms with Crippen molar-refractivity contribution in [2.45, 2.75) is 20.3 Å². The second-order valence-corrected chi connectivity index (χ2v) is 4.50. The smallest absolute Gasteiger partial charge is 0.341 e. The predicted octanol–water partition coefficient (Wildman–Crippen LogP) is 1.30. The first-order valence-electron chi connectivity index (χ1n) is 6.26. The minimum atomic E-state index is -0.935. The van der Waals surface area contributed by atoms with Gasteiger partial charge in [0.05, 0.1) is 19.2 Å². The number of aliphatic carboxylic acids is 1. The van der Waals surface area contributed by atoms with Crippen LogP contribution in [0, 0.1) is 13.8 Å². The van der Waals surface area contributed by atoms with Crippen LogP contribution in [0.1, 0.15) is 27.3 Å². The first-order chi connectivity index (χ1) is 9.95. The minimum Gasteiger partial charge on any atom is -0.481 e. The van der Waals surface area contributed by atoms with E-state index in [1.165, 1.54) is 18.0 Å². The van der Waals surface area contributed by atoms with Gasteiger partial charge in [-0.2, -0.15) is 5.10 Å². The molecule has 0 bridgehead atoms. The summed E-state index contributed by atoms with van der Waals surface area (Å²) >= 11 is 0. The van der Waals surface area contributed by atoms with Gasteiger partial charge in [-0.1, -0.05) is 0 Å². The number of rotatable bonds is 4. The second kappa shape index (κ2) is 5.74. The van der Waals surface area contributed by atoms with Crippen molar-refractivity contribution in [2.24, 2.45) is 0 Å². The molecular formula is C14H15N3O4. The average Bonchev–Trinajstić information content (AvgIpc) is 2.74. The third-order valence-electron chi connectivity index (χ3n) is 3.16. The molecule has 0 aliphatic carbocycles. The lowest BCUT2D eigenvalue weighted by molar-refractivity contribution is -0.136. The maximum atomic E-state index is 11.8. The molecule has 0 atom stereocenters. The molecule has 0 radical (unpaired) electrons. The van der Waals surface area contributed by atoms with Crippen molar-refractivity contribution in [3.8, 4) is 5.82 Å². The van der Waals surface area contributed by atoms with Crippen molar-refractivity contribution < 1.29 is 19.4 Å². The third-order valence-corrected chi connectivity index (χ3v) is 3.16. The molecule has 7 nitrogen and oxygen atoms in total. The molecule has 21 heavy (non-hydrogen) atoms. The van der Waals surface area contributed by atoms with Gasteiger partial charge in [0.1, 0.15) is 5.56 Å². The Balaban J connectivity index is 2.58. The molecule has 0 fully saturated rings. The highest BCUT2D eigenvalue weighted by atomic mass is 16.5. The Kier molecular flexibility index (Phi) is 4.02. The molecular weight excluding hydrogens is 274 g/mol. The Morgan fingerprint density at radius 3 is 2.71 bits per heavy atom. The zero-order valence-electron chi connectivity index (χ0n) is 12.0. The van der Waals surface area contributed by atoms with Gasteiger partial charge in [0, 0.05) is 17.5 Å². The number of aryl methyl sites for hydroxylation is 1. The molecule has 1 N–H and O–H groups in total. The van der Waals surface area contributed by atoms with E-state index in [1.54, 1.807) is 26.0 Å². The number of ether oxygens (including phenoxy) is 1. The topological polar surface area (TPSA) is 94.3 Å². The molecule has 2 aromatic rings. The lowest BCUT2D eigenvalue weighted by Crippen LogP contribution is -2.12. The van der Waals surface area contributed by atoms with Gasteiger partial charge >= 0.3 is 11.9 Å². The highest BCUT2D eigenvalue weighted by molar-refractivity contribution is 5.92. The fraction of sp³-hybridized carbons (Fsp3) is 0.286. The van der Waals surface area contributed by atoms with Crippen LogP contribution in [0.5, 0.6) is 0 Å². The van der Waals surface area contributed by atoms with Gasteiger partial charge in [-0.25, -0.2) is 14.5 Å². The fourth-order valence-electron chi connectivity index (χ4n) is 2.12. The molecule has 0 saturated heterocycles. The summed E-state index contributed by atoms with van der Waals surface area (Å²) in [5.41, 5.74) is 2.12. The van der Waals surface area contributed by atoms with Crippen LogP contribution in [0.25, 0.3) is 5.82 Å². The summed E-state index contributed by atoms with van der Waals surface area (Å²) in [4.78, 5) is 26.9. The Hall–Kier alpha value is -2.70. The van der Waals surface area contributed by atoms with Crippen molar-refractivity contribution in [1.29, 1.82) is 0 Å². The van der Waals surface area contributed by atoms with E-state index < -0.39 is 11.9 Å². The van der Waals surface area contributed by atoms with Gasteiger partial charge < -0.3 is 9.84 Å². The summed E-state index contributed by atoms with van der Waals surface area (Å²) in [6, 6.07) is 3.21. The van der Waals surface area contributed by atoms with E-state index in [0.717, 1.165) is 0 Å². The van der Waals surface area contributed by atoms with Gasteiger partial charge in [-0.05, 0) is 26.0 Å². The second-order valence-electron chi connectivity index (χ2n) is 4.50. The van der Waals surface area contributed by atoms with Crippen LogP contribution in [0.15, 0.2) is 18.3 Å². The molecule has 0 spiro atoms. The van der Waals surface area contributed by atoms with Crippen molar-refractivity contribution >= 4 is 11.9 Å². The molecule has 2 aromatic heterocycles. The quantitative estimate of drug-likeness (QED) is 0.852. The van der Waals surface area contributed by atoms with E-state index in [4.69, 9.17) is 9.84 Å². The summed E-state index contributed by atoms with van der Waals surface area (Å²) in [6.07, 6.45) is 1.41. The van der Waals surface area contributed by atoms with E-state index >= 15 is 0 Å². The van der Waals surface area contributed by atoms with E-state index in [2.05, 4.69) is 10.1 Å². The summed E-state index contributed by atoms with van der Waals surface area (Å²) < 4.78 is 6.20. The number of nitrogens with zero attached hydrogens (tertiary/aromatic N) is 3. The summed E-state index contributed by atoms with van der Waals surface area (Å²) in [6.45, 7) is 3.47. The molecule has 0 amide bonds. The predicted molar refractivity (Wildman–Crippen MR) is 73.5 cm³/mol. The highest BCUT2D eigenvalue weighted by Crippen LogP contribution is 2.20. The zero-order chi connectivity index (χ0) is 15.6. The van der Waals surface area contributed by atoms with Gasteiger partial charge in [0.15, 0.2) is 5.82 Å². The molecule has 2 heterocycles. The van der Waals surface area contributed by atoms with Gasteiger partial charge in [-0.15, -0.1) is 0 Å². The minimum absolute atomic E-state index is 0.127. The summed E-state index contributed by atoms with van der Waals surface area (Å²) in [7, 11) is 1.29. The Bertz CT molecular complexity index is 706. The van der Waals surface area contributed by atoms with Crippen molar-refractivity contribution in [1.82, 2.24) is 14.8 Å². The standard InChI is InChI=1S/C14H15N3O4/c1-8-11(7-12(18)19)9(2)17(16-8)13-10(14(20)21-3)5-4-6-15-13/h4-6H,7H2,1-3H3,(H,18,19). The van der Waals surface area contributed by atoms with Crippen LogP contribution < -0.4 is 0 Å². The maximum Gasteiger partial charge on any atom is 0.341 e. The molecule has 110 valence electrons. The molecule has 2 rings (SSSR count). The number of hydrogen-bond acceptors (Lipinski definition) is 5. The normalized spacial score (nSPS) is 10.4. The number of hydrogen-bond donors (Lipinski definition) is 1. The SMILES string of the molecule is COC(=O)c1cccnc1-n1nc(C)c(CC(=O)O)c1C. The number of aromatic nitrogens is 3. The van der Waals surface area contributed by atoms with E-state index in [-0.39, 0.29) is 12.0 Å². The monoisotopic (exact) mass is 289 g/mol. The van der Waals surface area contributed by atoms with Gasteiger partial charge in [0.2, 0.25) is 0 Å². The summed E-state index contributed by atoms with van der Waals surface area (Å²) in [5.74, 6) is -1.14. The molecule has 0 saturated carbocycles. The Labute approximate surface area is 121 Å². The lowest BCUT2D eigenvalue weighted by Gasteiger charge is -2.08. The van der Waals surface area contributed by atoms with Crippen LogP contribution >= 0.6 is 0 Å². The van der Waals surface area contributed by atoms with Crippen molar-refractivity contribution in [2.75, 3.05) is 7.11 Å². The lowest BCUT2D eigenvalue weighted by atomic mass is 10.1. The van der Waals surface area contributed by atoms with Crippen LogP contribution in [0.2, 0.25) is 0 Å². The van der Waals surface area contributed by atoms with E-state index in [0.29, 0.717) is 22.8 Å². The third kappa shape index (κ3) is 2.76. The zero-order valence-corrected chi connectivity index (χ0v) is 12.0. The van der Waals surface area contributed by atoms with Crippen LogP contribution in [0.3, 0.4) is 0 Å². The number of carbonyl (C=O) groups excluding carboxylic acids is 1. The number of carboxylic acids is 1. The number of esters is 1. The average molecular weight is 289 g/mol. The Morgan fingerprint density at radius 2 is 2.10 bits per heavy atom. The number of carboxylic acid groups (broad SMARTS) is 1. The Morgan fingerprint density at radius 1 is 1.38 bits per heavy atom. The number of methoxy groups -OCH3 is 1. The van der Waals surface area contributed by atoms with Crippen LogP contribution in [-0.2, 0) is 16.0 Å². The van der Waals surface area contributed by atoms with Crippen LogP contribution in [-0.4, -0.2) is 38.9 Å². The molecule has 0 aliphatic heterocycles. The fourth-order valence-corrected chi connectivity index (χ4v) is 2.12. The van der Waals surface area contributed by atoms with E-state index in [9.17, 15) is 9.59 Å². The molecule has 0 aromatic carbocycles. The first-order valence-corrected chi connectivity index (χ1v) is 6.26. The highest BCUT2D eigenvalue weighted by Gasteiger charge is 2.20. The first kappa shape index (κ1) is 14.7. The maximum absolute atomic E-state index is 11.8. The number of pyridine rings is 1. The van der Waals surface area contributed by atoms with Crippen LogP contribution in [0.4, 0.5) is 0 Å². The molecule has 0 aliphatic rings. The molecule has 0 unspecified atom stereocenters. The molecule has 7 heteroatoms. The number of carbonyl (C=O) groups is 2.